The second-order valence-corrected chi connectivity index (χ2v) is 5.69. The molecular weight excluding hydrogens is 328 g/mol. The van der Waals surface area contributed by atoms with Crippen LogP contribution >= 0.6 is 0 Å². The Hall–Kier alpha value is -1.75. The lowest BCUT2D eigenvalue weighted by molar-refractivity contribution is -0.360. The zero-order valence-corrected chi connectivity index (χ0v) is 13.7. The van der Waals surface area contributed by atoms with E-state index in [0.717, 1.165) is 14.2 Å². The van der Waals surface area contributed by atoms with E-state index < -0.39 is 47.1 Å². The molecule has 0 aromatic carbocycles. The van der Waals surface area contributed by atoms with Crippen molar-refractivity contribution < 1.29 is 48.3 Å². The van der Waals surface area contributed by atoms with Gasteiger partial charge in [-0.25, -0.2) is 14.4 Å². The summed E-state index contributed by atoms with van der Waals surface area (Å²) >= 11 is 0. The number of hydrogen-bond acceptors (Lipinski definition) is 10. The zero-order valence-electron chi connectivity index (χ0n) is 13.7. The van der Waals surface area contributed by atoms with Gasteiger partial charge in [-0.1, -0.05) is 0 Å². The molecule has 0 spiro atoms. The molecule has 0 aromatic rings. The van der Waals surface area contributed by atoms with Crippen molar-refractivity contribution in [2.75, 3.05) is 20.8 Å². The van der Waals surface area contributed by atoms with Gasteiger partial charge in [-0.3, -0.25) is 0 Å². The van der Waals surface area contributed by atoms with Crippen LogP contribution in [0.2, 0.25) is 0 Å². The van der Waals surface area contributed by atoms with Crippen molar-refractivity contribution in [3.05, 3.63) is 0 Å². The van der Waals surface area contributed by atoms with Gasteiger partial charge in [0.15, 0.2) is 5.79 Å². The Kier molecular flexibility index (Phi) is 4.61. The third kappa shape index (κ3) is 2.21. The summed E-state index contributed by atoms with van der Waals surface area (Å²) in [6.45, 7) is 2.64. The first kappa shape index (κ1) is 18.6. The summed E-state index contributed by atoms with van der Waals surface area (Å²) in [7, 11) is 2.00. The van der Waals surface area contributed by atoms with Crippen molar-refractivity contribution in [1.82, 2.24) is 0 Å². The smallest absolute Gasteiger partial charge is 0.345 e. The van der Waals surface area contributed by atoms with E-state index in [0.29, 0.717) is 0 Å². The molecule has 2 N–H and O–H groups in total. The van der Waals surface area contributed by atoms with E-state index >= 15 is 0 Å². The molecule has 0 aromatic heterocycles. The molecule has 0 saturated carbocycles. The number of carbonyl (C=O) groups is 3. The Morgan fingerprint density at radius 2 is 1.83 bits per heavy atom. The fourth-order valence-corrected chi connectivity index (χ4v) is 3.19. The number of fused-ring (bicyclic) bond motifs is 2. The minimum atomic E-state index is -3.00. The Morgan fingerprint density at radius 3 is 2.33 bits per heavy atom. The van der Waals surface area contributed by atoms with Crippen LogP contribution in [-0.4, -0.2) is 78.1 Å². The number of methoxy groups -OCH3 is 2. The molecule has 5 atom stereocenters. The van der Waals surface area contributed by atoms with Gasteiger partial charge in [-0.05, 0) is 13.8 Å². The second kappa shape index (κ2) is 5.96. The summed E-state index contributed by atoms with van der Waals surface area (Å²) in [5.41, 5.74) is -5.60. The van der Waals surface area contributed by atoms with Crippen LogP contribution < -0.4 is 0 Å². The van der Waals surface area contributed by atoms with Crippen LogP contribution in [0.15, 0.2) is 0 Å². The standard InChI is InChI=1S/C14H20O10/c1-5-22-10(17)13(19)8(9(16)20-3)23-12(2)6-7(15)14(13,24-12)11(18)21-4/h7-8,15,19H,5-6H2,1-4H3/t7-,8-,12-,13-,14+/m1/s1. The summed E-state index contributed by atoms with van der Waals surface area (Å²) in [6.07, 6.45) is -3.95. The molecule has 2 aliphatic heterocycles. The molecule has 0 aliphatic carbocycles. The number of aliphatic hydroxyl groups excluding tert-OH is 1. The highest BCUT2D eigenvalue weighted by atomic mass is 16.8. The van der Waals surface area contributed by atoms with Crippen LogP contribution in [0.25, 0.3) is 0 Å². The molecule has 0 unspecified atom stereocenters. The van der Waals surface area contributed by atoms with Crippen molar-refractivity contribution in [1.29, 1.82) is 0 Å². The number of aliphatic hydroxyl groups is 2. The van der Waals surface area contributed by atoms with Gasteiger partial charge in [-0.2, -0.15) is 0 Å². The molecule has 2 fully saturated rings. The van der Waals surface area contributed by atoms with Crippen molar-refractivity contribution in [2.24, 2.45) is 0 Å². The van der Waals surface area contributed by atoms with Crippen molar-refractivity contribution in [3.8, 4) is 0 Å². The predicted octanol–water partition coefficient (Wildman–Crippen LogP) is -1.74. The lowest BCUT2D eigenvalue weighted by Gasteiger charge is -2.49. The average molecular weight is 348 g/mol. The second-order valence-electron chi connectivity index (χ2n) is 5.69. The van der Waals surface area contributed by atoms with Crippen LogP contribution in [-0.2, 0) is 38.1 Å². The molecule has 10 heteroatoms. The number of hydrogen-bond donors (Lipinski definition) is 2. The molecule has 2 heterocycles. The van der Waals surface area contributed by atoms with E-state index in [9.17, 15) is 24.6 Å². The number of rotatable bonds is 4. The molecule has 0 radical (unpaired) electrons. The first-order chi connectivity index (χ1) is 11.1. The third-order valence-corrected chi connectivity index (χ3v) is 4.21. The van der Waals surface area contributed by atoms with Gasteiger partial charge in [0.1, 0.15) is 6.10 Å². The van der Waals surface area contributed by atoms with Crippen molar-refractivity contribution in [2.45, 2.75) is 49.5 Å². The zero-order chi connectivity index (χ0) is 18.3. The van der Waals surface area contributed by atoms with Gasteiger partial charge in [0, 0.05) is 6.42 Å². The molecule has 2 saturated heterocycles. The minimum absolute atomic E-state index is 0.167. The topological polar surface area (TPSA) is 138 Å². The minimum Gasteiger partial charge on any atom is -0.467 e. The summed E-state index contributed by atoms with van der Waals surface area (Å²) in [5, 5.41) is 21.5. The molecule has 24 heavy (non-hydrogen) atoms. The molecule has 136 valence electrons. The normalized spacial score (nSPS) is 40.8. The summed E-state index contributed by atoms with van der Waals surface area (Å²) in [5.74, 6) is -5.38. The Bertz CT molecular complexity index is 562. The average Bonchev–Trinajstić information content (AvgIpc) is 2.79. The molecular formula is C14H20O10. The van der Waals surface area contributed by atoms with Gasteiger partial charge in [0.2, 0.25) is 17.3 Å². The summed E-state index contributed by atoms with van der Waals surface area (Å²) in [4.78, 5) is 37.0. The maximum atomic E-state index is 12.5. The Labute approximate surface area is 137 Å². The number of ether oxygens (including phenoxy) is 5. The van der Waals surface area contributed by atoms with Crippen molar-refractivity contribution >= 4 is 17.9 Å². The van der Waals surface area contributed by atoms with E-state index in [-0.39, 0.29) is 13.0 Å². The largest absolute Gasteiger partial charge is 0.467 e. The first-order valence-electron chi connectivity index (χ1n) is 7.24. The highest BCUT2D eigenvalue weighted by molar-refractivity contribution is 5.99. The monoisotopic (exact) mass is 348 g/mol. The SMILES string of the molecule is CCOC(=O)[C@]1(O)[C@@H](C(=O)OC)O[C@@]2(C)C[C@@H](O)[C@@]1(C(=O)OC)O2. The fourth-order valence-electron chi connectivity index (χ4n) is 3.19. The fraction of sp³-hybridized carbons (Fsp3) is 0.786. The quantitative estimate of drug-likeness (QED) is 0.445. The molecule has 2 rings (SSSR count). The van der Waals surface area contributed by atoms with E-state index in [1.54, 1.807) is 0 Å². The number of carbonyl (C=O) groups excluding carboxylic acids is 3. The summed E-state index contributed by atoms with van der Waals surface area (Å²) < 4.78 is 24.8. The van der Waals surface area contributed by atoms with Crippen LogP contribution in [0.4, 0.5) is 0 Å². The lowest BCUT2D eigenvalue weighted by Crippen LogP contribution is -2.78. The van der Waals surface area contributed by atoms with E-state index in [2.05, 4.69) is 9.47 Å². The van der Waals surface area contributed by atoms with E-state index in [1.807, 2.05) is 0 Å². The Balaban J connectivity index is 2.70. The third-order valence-electron chi connectivity index (χ3n) is 4.21. The first-order valence-corrected chi connectivity index (χ1v) is 7.24. The van der Waals surface area contributed by atoms with Gasteiger partial charge in [-0.15, -0.1) is 0 Å². The van der Waals surface area contributed by atoms with Gasteiger partial charge in [0.25, 0.3) is 0 Å². The van der Waals surface area contributed by atoms with Gasteiger partial charge in [0.05, 0.1) is 20.8 Å². The lowest BCUT2D eigenvalue weighted by atomic mass is 9.75. The van der Waals surface area contributed by atoms with Crippen LogP contribution in [0, 0.1) is 0 Å². The van der Waals surface area contributed by atoms with Crippen molar-refractivity contribution in [3.63, 3.8) is 0 Å². The molecule has 2 aliphatic rings. The maximum Gasteiger partial charge on any atom is 0.345 e. The van der Waals surface area contributed by atoms with Crippen LogP contribution in [0.1, 0.15) is 20.3 Å². The van der Waals surface area contributed by atoms with Gasteiger partial charge < -0.3 is 33.9 Å². The summed E-state index contributed by atoms with van der Waals surface area (Å²) in [6, 6.07) is 0. The molecule has 2 bridgehead atoms. The highest BCUT2D eigenvalue weighted by Crippen LogP contribution is 2.53. The molecule has 10 nitrogen and oxygen atoms in total. The van der Waals surface area contributed by atoms with E-state index in [1.165, 1.54) is 13.8 Å². The van der Waals surface area contributed by atoms with Crippen LogP contribution in [0.3, 0.4) is 0 Å². The Morgan fingerprint density at radius 1 is 1.21 bits per heavy atom. The van der Waals surface area contributed by atoms with Crippen LogP contribution in [0.5, 0.6) is 0 Å². The van der Waals surface area contributed by atoms with Gasteiger partial charge >= 0.3 is 17.9 Å². The molecule has 0 amide bonds. The van der Waals surface area contributed by atoms with E-state index in [4.69, 9.17) is 14.2 Å². The number of esters is 3. The maximum absolute atomic E-state index is 12.5. The predicted molar refractivity (Wildman–Crippen MR) is 73.3 cm³/mol. The highest BCUT2D eigenvalue weighted by Gasteiger charge is 2.81.